The van der Waals surface area contributed by atoms with Crippen molar-refractivity contribution in [3.8, 4) is 17.6 Å². The Kier molecular flexibility index (Phi) is 11.8. The molecule has 2 aliphatic rings. The van der Waals surface area contributed by atoms with Gasteiger partial charge in [0.15, 0.2) is 0 Å². The van der Waals surface area contributed by atoms with Crippen LogP contribution in [0.3, 0.4) is 0 Å². The molecule has 0 spiro atoms. The zero-order chi connectivity index (χ0) is 31.5. The minimum absolute atomic E-state index is 0.0282. The van der Waals surface area contributed by atoms with Crippen molar-refractivity contribution in [2.24, 2.45) is 11.8 Å². The first-order valence-corrected chi connectivity index (χ1v) is 15.0. The highest BCUT2D eigenvalue weighted by atomic mass is 16.9. The standard InChI is InChI=1S/C34H39NO9/c1-3-4-7-23(2)29(36)18-16-26-17-19-30-33(26)28-10-5-8-27(34(28)44-30)9-6-11-31(37)41-22-42-32(38)20-24-12-14-25(15-13-24)21-43-35(39)40/h5,8,10,12-16,18,23,26,29-30,33,36H,6-7,9,11,17,19-22H2,1-2H3/b18-16+. The Balaban J connectivity index is 1.19. The molecule has 2 aromatic carbocycles. The van der Waals surface area contributed by atoms with Crippen LogP contribution in [0.1, 0.15) is 74.1 Å². The SMILES string of the molecule is CC#CCC(C)C(O)/C=C/C1CCC2Oc3c(CCCC(=O)OCOC(=O)Cc4ccc(CO[N+](=O)[O-])cc4)cccc3C12. The van der Waals surface area contributed by atoms with Crippen LogP contribution in [-0.2, 0) is 43.3 Å². The number of fused-ring (bicyclic) bond motifs is 3. The number of carbonyl (C=O) groups excluding carboxylic acids is 2. The average Bonchev–Trinajstić information content (AvgIpc) is 3.58. The molecule has 1 N–H and O–H groups in total. The van der Waals surface area contributed by atoms with Crippen molar-refractivity contribution in [1.29, 1.82) is 0 Å². The number of rotatable bonds is 15. The van der Waals surface area contributed by atoms with Crippen molar-refractivity contribution in [3.05, 3.63) is 87.0 Å². The third kappa shape index (κ3) is 9.07. The lowest BCUT2D eigenvalue weighted by Crippen LogP contribution is -2.17. The number of esters is 2. The van der Waals surface area contributed by atoms with Crippen LogP contribution in [0.2, 0.25) is 0 Å². The van der Waals surface area contributed by atoms with E-state index in [-0.39, 0.29) is 37.4 Å². The molecular weight excluding hydrogens is 566 g/mol. The number of hydrogen-bond donors (Lipinski definition) is 1. The maximum atomic E-state index is 12.2. The molecule has 4 rings (SSSR count). The van der Waals surface area contributed by atoms with Gasteiger partial charge in [0, 0.05) is 24.3 Å². The van der Waals surface area contributed by atoms with Gasteiger partial charge in [-0.2, -0.15) is 0 Å². The first-order chi connectivity index (χ1) is 21.2. The monoisotopic (exact) mass is 605 g/mol. The van der Waals surface area contributed by atoms with Gasteiger partial charge in [-0.15, -0.1) is 22.0 Å². The maximum absolute atomic E-state index is 12.2. The van der Waals surface area contributed by atoms with Gasteiger partial charge in [-0.05, 0) is 61.1 Å². The second-order valence-electron chi connectivity index (χ2n) is 11.2. The summed E-state index contributed by atoms with van der Waals surface area (Å²) in [6.45, 7) is 3.17. The van der Waals surface area contributed by atoms with Gasteiger partial charge in [0.05, 0.1) is 12.5 Å². The van der Waals surface area contributed by atoms with Gasteiger partial charge in [-0.1, -0.05) is 61.5 Å². The van der Waals surface area contributed by atoms with Gasteiger partial charge in [-0.25, -0.2) is 0 Å². The summed E-state index contributed by atoms with van der Waals surface area (Å²) in [6.07, 6.45) is 7.62. The Labute approximate surface area is 257 Å². The van der Waals surface area contributed by atoms with Crippen molar-refractivity contribution in [3.63, 3.8) is 0 Å². The summed E-state index contributed by atoms with van der Waals surface area (Å²) in [5, 5.41) is 20.0. The molecule has 44 heavy (non-hydrogen) atoms. The van der Waals surface area contributed by atoms with Crippen LogP contribution in [0.15, 0.2) is 54.6 Å². The summed E-state index contributed by atoms with van der Waals surface area (Å²) in [5.74, 6) is 6.43. The second-order valence-corrected chi connectivity index (χ2v) is 11.2. The molecule has 5 unspecified atom stereocenters. The average molecular weight is 606 g/mol. The predicted molar refractivity (Wildman–Crippen MR) is 161 cm³/mol. The van der Waals surface area contributed by atoms with Gasteiger partial charge in [-0.3, -0.25) is 9.59 Å². The molecule has 234 valence electrons. The van der Waals surface area contributed by atoms with Gasteiger partial charge >= 0.3 is 11.9 Å². The van der Waals surface area contributed by atoms with Gasteiger partial charge in [0.1, 0.15) is 18.5 Å². The number of allylic oxidation sites excluding steroid dienone is 1. The molecular formula is C34H39NO9. The van der Waals surface area contributed by atoms with E-state index in [9.17, 15) is 24.8 Å². The third-order valence-electron chi connectivity index (χ3n) is 8.12. The topological polar surface area (TPSA) is 134 Å². The lowest BCUT2D eigenvalue weighted by atomic mass is 9.86. The van der Waals surface area contributed by atoms with Crippen LogP contribution >= 0.6 is 0 Å². The summed E-state index contributed by atoms with van der Waals surface area (Å²) in [7, 11) is 0. The van der Waals surface area contributed by atoms with Crippen LogP contribution in [0.25, 0.3) is 0 Å². The van der Waals surface area contributed by atoms with E-state index in [2.05, 4.69) is 28.8 Å². The van der Waals surface area contributed by atoms with E-state index in [1.165, 1.54) is 5.56 Å². The summed E-state index contributed by atoms with van der Waals surface area (Å²) >= 11 is 0. The first kappa shape index (κ1) is 32.6. The number of carbonyl (C=O) groups is 2. The molecule has 0 amide bonds. The summed E-state index contributed by atoms with van der Waals surface area (Å²) < 4.78 is 16.5. The van der Waals surface area contributed by atoms with E-state index in [1.807, 2.05) is 25.1 Å². The zero-order valence-electron chi connectivity index (χ0n) is 25.1. The number of para-hydroxylation sites is 1. The highest BCUT2D eigenvalue weighted by Crippen LogP contribution is 2.52. The Hall–Kier alpha value is -4.36. The van der Waals surface area contributed by atoms with Crippen molar-refractivity contribution < 1.29 is 38.8 Å². The molecule has 0 saturated heterocycles. The molecule has 1 aliphatic heterocycles. The highest BCUT2D eigenvalue weighted by molar-refractivity contribution is 5.73. The summed E-state index contributed by atoms with van der Waals surface area (Å²) in [6, 6.07) is 12.7. The normalized spacial score (nSPS) is 19.6. The quantitative estimate of drug-likeness (QED) is 0.0724. The molecule has 0 aromatic heterocycles. The predicted octanol–water partition coefficient (Wildman–Crippen LogP) is 5.23. The minimum Gasteiger partial charge on any atom is -0.489 e. The Morgan fingerprint density at radius 1 is 1.14 bits per heavy atom. The molecule has 10 nitrogen and oxygen atoms in total. The van der Waals surface area contributed by atoms with E-state index in [1.54, 1.807) is 31.2 Å². The summed E-state index contributed by atoms with van der Waals surface area (Å²) in [5.41, 5.74) is 3.49. The second kappa shape index (κ2) is 15.9. The largest absolute Gasteiger partial charge is 0.489 e. The van der Waals surface area contributed by atoms with E-state index in [0.717, 1.165) is 24.2 Å². The number of aliphatic hydroxyl groups is 1. The number of aliphatic hydroxyl groups excluding tert-OH is 1. The Morgan fingerprint density at radius 3 is 2.64 bits per heavy atom. The molecule has 5 atom stereocenters. The van der Waals surface area contributed by atoms with E-state index >= 15 is 0 Å². The van der Waals surface area contributed by atoms with Crippen LogP contribution in [0.4, 0.5) is 0 Å². The fourth-order valence-electron chi connectivity index (χ4n) is 5.71. The Bertz CT molecular complexity index is 1390. The van der Waals surface area contributed by atoms with Crippen molar-refractivity contribution in [2.75, 3.05) is 6.79 Å². The maximum Gasteiger partial charge on any atom is 0.313 e. The number of hydrogen-bond acceptors (Lipinski definition) is 9. The summed E-state index contributed by atoms with van der Waals surface area (Å²) in [4.78, 5) is 38.9. The molecule has 1 saturated carbocycles. The number of benzene rings is 2. The van der Waals surface area contributed by atoms with Crippen LogP contribution in [-0.4, -0.2) is 41.1 Å². The fraction of sp³-hybridized carbons (Fsp3) is 0.471. The van der Waals surface area contributed by atoms with Crippen LogP contribution in [0.5, 0.6) is 5.75 Å². The molecule has 10 heteroatoms. The van der Waals surface area contributed by atoms with Gasteiger partial charge < -0.3 is 24.2 Å². The smallest absolute Gasteiger partial charge is 0.313 e. The van der Waals surface area contributed by atoms with E-state index in [0.29, 0.717) is 36.3 Å². The number of aryl methyl sites for hydroxylation is 1. The van der Waals surface area contributed by atoms with Gasteiger partial charge in [0.25, 0.3) is 5.09 Å². The van der Waals surface area contributed by atoms with E-state index < -0.39 is 29.9 Å². The van der Waals surface area contributed by atoms with E-state index in [4.69, 9.17) is 14.2 Å². The minimum atomic E-state index is -0.867. The molecule has 0 radical (unpaired) electrons. The fourth-order valence-corrected chi connectivity index (χ4v) is 5.71. The lowest BCUT2D eigenvalue weighted by Gasteiger charge is -2.17. The molecule has 1 aliphatic carbocycles. The molecule has 1 fully saturated rings. The number of nitrogens with zero attached hydrogens (tertiary/aromatic N) is 1. The zero-order valence-corrected chi connectivity index (χ0v) is 25.1. The lowest BCUT2D eigenvalue weighted by molar-refractivity contribution is -0.763. The first-order valence-electron chi connectivity index (χ1n) is 15.0. The van der Waals surface area contributed by atoms with Crippen LogP contribution < -0.4 is 4.74 Å². The highest BCUT2D eigenvalue weighted by Gasteiger charge is 2.44. The number of ether oxygens (including phenoxy) is 3. The molecule has 1 heterocycles. The van der Waals surface area contributed by atoms with Crippen molar-refractivity contribution in [1.82, 2.24) is 0 Å². The van der Waals surface area contributed by atoms with Crippen molar-refractivity contribution in [2.45, 2.75) is 83.5 Å². The Morgan fingerprint density at radius 2 is 1.89 bits per heavy atom. The van der Waals surface area contributed by atoms with Gasteiger partial charge in [0.2, 0.25) is 6.79 Å². The third-order valence-corrected chi connectivity index (χ3v) is 8.12. The van der Waals surface area contributed by atoms with Crippen molar-refractivity contribution >= 4 is 11.9 Å². The molecule has 2 aromatic rings. The van der Waals surface area contributed by atoms with Crippen LogP contribution in [0, 0.1) is 33.8 Å². The molecule has 0 bridgehead atoms.